The van der Waals surface area contributed by atoms with Gasteiger partial charge in [0.05, 0.1) is 17.8 Å². The number of Topliss-reactive ketones (excluding diaryl/α,β-unsaturated/α-hetero) is 1. The second-order valence-electron chi connectivity index (χ2n) is 7.18. The molecule has 0 saturated heterocycles. The van der Waals surface area contributed by atoms with Crippen molar-refractivity contribution >= 4 is 26.0 Å². The number of ketones is 1. The van der Waals surface area contributed by atoms with Crippen molar-refractivity contribution in [1.82, 2.24) is 0 Å². The van der Waals surface area contributed by atoms with Gasteiger partial charge in [0.2, 0.25) is 0 Å². The monoisotopic (exact) mass is 354 g/mol. The Bertz CT molecular complexity index is 692. The highest BCUT2D eigenvalue weighted by atomic mass is 32.2. The predicted molar refractivity (Wildman–Crippen MR) is 79.3 cm³/mol. The van der Waals surface area contributed by atoms with Crippen molar-refractivity contribution < 1.29 is 30.4 Å². The highest BCUT2D eigenvalue weighted by Crippen LogP contribution is 2.70. The molecule has 0 heterocycles. The first-order chi connectivity index (χ1) is 9.75. The Morgan fingerprint density at radius 3 is 2.14 bits per heavy atom. The van der Waals surface area contributed by atoms with Crippen LogP contribution in [0.2, 0.25) is 0 Å². The van der Waals surface area contributed by atoms with E-state index in [-0.39, 0.29) is 11.2 Å². The molecule has 2 fully saturated rings. The quantitative estimate of drug-likeness (QED) is 0.559. The Labute approximate surface area is 131 Å². The van der Waals surface area contributed by atoms with E-state index in [0.717, 1.165) is 6.42 Å². The first kappa shape index (κ1) is 17.8. The van der Waals surface area contributed by atoms with E-state index in [1.165, 1.54) is 0 Å². The molecule has 2 aliphatic rings. The van der Waals surface area contributed by atoms with E-state index >= 15 is 0 Å². The van der Waals surface area contributed by atoms with Crippen molar-refractivity contribution in [3.63, 3.8) is 0 Å². The van der Waals surface area contributed by atoms with Gasteiger partial charge in [0.1, 0.15) is 11.5 Å². The maximum atomic E-state index is 12.4. The lowest BCUT2D eigenvalue weighted by Crippen LogP contribution is -2.43. The maximum Gasteiger partial charge on any atom is 0.268 e. The molecule has 0 spiro atoms. The van der Waals surface area contributed by atoms with Crippen LogP contribution in [0, 0.1) is 16.2 Å². The molecular formula is C13H22O7S2. The maximum absolute atomic E-state index is 12.4. The summed E-state index contributed by atoms with van der Waals surface area (Å²) in [5.74, 6) is -1.30. The fourth-order valence-electron chi connectivity index (χ4n) is 3.96. The van der Waals surface area contributed by atoms with Gasteiger partial charge in [0, 0.05) is 6.42 Å². The van der Waals surface area contributed by atoms with Crippen LogP contribution in [0.25, 0.3) is 0 Å². The Morgan fingerprint density at radius 2 is 1.73 bits per heavy atom. The van der Waals surface area contributed by atoms with Gasteiger partial charge in [-0.1, -0.05) is 20.8 Å². The minimum atomic E-state index is -4.29. The number of fused-ring (bicyclic) bond motifs is 2. The molecule has 2 aliphatic carbocycles. The summed E-state index contributed by atoms with van der Waals surface area (Å²) in [6, 6.07) is 0. The van der Waals surface area contributed by atoms with Crippen molar-refractivity contribution in [2.75, 3.05) is 18.1 Å². The standard InChI is InChI=1S/C13H22O7S2/c1-11(2)12(3)4-5-13(11,10(14)8-12)9-22(18,19)20-6-7-21(15,16)17/h4-9H2,1-3H3,(H,15,16,17). The third-order valence-electron chi connectivity index (χ3n) is 5.92. The molecule has 128 valence electrons. The zero-order valence-electron chi connectivity index (χ0n) is 13.0. The van der Waals surface area contributed by atoms with Crippen LogP contribution < -0.4 is 0 Å². The molecule has 9 heteroatoms. The zero-order chi connectivity index (χ0) is 17.0. The third-order valence-corrected chi connectivity index (χ3v) is 7.98. The van der Waals surface area contributed by atoms with Gasteiger partial charge < -0.3 is 0 Å². The molecule has 0 radical (unpaired) electrons. The van der Waals surface area contributed by atoms with Crippen molar-refractivity contribution in [3.05, 3.63) is 0 Å². The number of carbonyl (C=O) groups excluding carboxylic acids is 1. The normalized spacial score (nSPS) is 34.3. The van der Waals surface area contributed by atoms with Crippen LogP contribution in [0.1, 0.15) is 40.0 Å². The summed E-state index contributed by atoms with van der Waals surface area (Å²) in [4.78, 5) is 12.4. The molecule has 0 amide bonds. The molecule has 7 nitrogen and oxygen atoms in total. The molecule has 0 aromatic rings. The lowest BCUT2D eigenvalue weighted by Gasteiger charge is -2.39. The second-order valence-corrected chi connectivity index (χ2v) is 10.4. The topological polar surface area (TPSA) is 115 Å². The van der Waals surface area contributed by atoms with E-state index in [9.17, 15) is 21.6 Å². The average Bonchev–Trinajstić information content (AvgIpc) is 2.55. The lowest BCUT2D eigenvalue weighted by molar-refractivity contribution is -0.128. The second kappa shape index (κ2) is 4.99. The minimum Gasteiger partial charge on any atom is -0.299 e. The largest absolute Gasteiger partial charge is 0.299 e. The highest BCUT2D eigenvalue weighted by molar-refractivity contribution is 7.87. The molecule has 22 heavy (non-hydrogen) atoms. The van der Waals surface area contributed by atoms with Gasteiger partial charge in [0.15, 0.2) is 0 Å². The summed E-state index contributed by atoms with van der Waals surface area (Å²) >= 11 is 0. The fraction of sp³-hybridized carbons (Fsp3) is 0.923. The van der Waals surface area contributed by atoms with Crippen LogP contribution in [0.5, 0.6) is 0 Å². The molecule has 2 unspecified atom stereocenters. The summed E-state index contributed by atoms with van der Waals surface area (Å²) < 4.78 is 58.8. The highest BCUT2D eigenvalue weighted by Gasteiger charge is 2.70. The molecule has 2 bridgehead atoms. The predicted octanol–water partition coefficient (Wildman–Crippen LogP) is 1.01. The van der Waals surface area contributed by atoms with Crippen molar-refractivity contribution in [1.29, 1.82) is 0 Å². The zero-order valence-corrected chi connectivity index (χ0v) is 14.6. The Hall–Kier alpha value is -0.510. The molecule has 2 saturated carbocycles. The van der Waals surface area contributed by atoms with Crippen molar-refractivity contribution in [2.24, 2.45) is 16.2 Å². The summed E-state index contributed by atoms with van der Waals surface area (Å²) in [6.07, 6.45) is 1.64. The third kappa shape index (κ3) is 2.72. The van der Waals surface area contributed by atoms with Gasteiger partial charge in [-0.3, -0.25) is 13.5 Å². The van der Waals surface area contributed by atoms with Gasteiger partial charge in [-0.2, -0.15) is 16.8 Å². The van der Waals surface area contributed by atoms with Crippen LogP contribution in [0.4, 0.5) is 0 Å². The molecule has 0 aliphatic heterocycles. The van der Waals surface area contributed by atoms with Crippen LogP contribution >= 0.6 is 0 Å². The smallest absolute Gasteiger partial charge is 0.268 e. The molecular weight excluding hydrogens is 332 g/mol. The van der Waals surface area contributed by atoms with E-state index in [4.69, 9.17) is 4.55 Å². The number of hydrogen-bond acceptors (Lipinski definition) is 6. The number of rotatable bonds is 6. The van der Waals surface area contributed by atoms with E-state index in [1.807, 2.05) is 20.8 Å². The van der Waals surface area contributed by atoms with E-state index in [1.54, 1.807) is 0 Å². The van der Waals surface area contributed by atoms with Crippen LogP contribution in [-0.4, -0.2) is 45.3 Å². The van der Waals surface area contributed by atoms with Gasteiger partial charge in [-0.15, -0.1) is 0 Å². The SMILES string of the molecule is CC12CCC(CS(=O)(=O)OCCS(=O)(=O)O)(C(=O)C1)C2(C)C. The van der Waals surface area contributed by atoms with Crippen molar-refractivity contribution in [3.8, 4) is 0 Å². The van der Waals surface area contributed by atoms with Gasteiger partial charge in [-0.25, -0.2) is 0 Å². The van der Waals surface area contributed by atoms with Crippen molar-refractivity contribution in [2.45, 2.75) is 40.0 Å². The molecule has 2 rings (SSSR count). The van der Waals surface area contributed by atoms with Crippen LogP contribution in [-0.2, 0) is 29.2 Å². The van der Waals surface area contributed by atoms with Gasteiger partial charge in [0.25, 0.3) is 20.2 Å². The van der Waals surface area contributed by atoms with E-state index < -0.39 is 49.2 Å². The minimum absolute atomic E-state index is 0.0618. The number of hydrogen-bond donors (Lipinski definition) is 1. The molecule has 1 N–H and O–H groups in total. The summed E-state index contributed by atoms with van der Waals surface area (Å²) in [5.41, 5.74) is -1.65. The van der Waals surface area contributed by atoms with Gasteiger partial charge >= 0.3 is 0 Å². The van der Waals surface area contributed by atoms with E-state index in [0.29, 0.717) is 12.8 Å². The fourth-order valence-corrected chi connectivity index (χ4v) is 6.05. The first-order valence-corrected chi connectivity index (χ1v) is 10.3. The summed E-state index contributed by atoms with van der Waals surface area (Å²) in [7, 11) is -8.34. The van der Waals surface area contributed by atoms with E-state index in [2.05, 4.69) is 4.18 Å². The number of carbonyl (C=O) groups is 1. The summed E-state index contributed by atoms with van der Waals surface area (Å²) in [5, 5.41) is 0. The summed E-state index contributed by atoms with van der Waals surface area (Å²) in [6.45, 7) is 5.19. The average molecular weight is 354 g/mol. The van der Waals surface area contributed by atoms with Crippen LogP contribution in [0.3, 0.4) is 0 Å². The van der Waals surface area contributed by atoms with Crippen LogP contribution in [0.15, 0.2) is 0 Å². The lowest BCUT2D eigenvalue weighted by atomic mass is 9.66. The Morgan fingerprint density at radius 1 is 1.14 bits per heavy atom. The molecule has 0 aromatic carbocycles. The Kier molecular flexibility index (Phi) is 4.05. The van der Waals surface area contributed by atoms with Gasteiger partial charge in [-0.05, 0) is 23.7 Å². The Balaban J connectivity index is 2.17. The molecule has 2 atom stereocenters. The molecule has 0 aromatic heterocycles. The first-order valence-electron chi connectivity index (χ1n) is 7.10.